The van der Waals surface area contributed by atoms with E-state index in [0.717, 1.165) is 22.3 Å². The molecule has 1 aliphatic carbocycles. The van der Waals surface area contributed by atoms with Gasteiger partial charge in [-0.1, -0.05) is 35.8 Å². The van der Waals surface area contributed by atoms with Gasteiger partial charge in [-0.25, -0.2) is 0 Å². The van der Waals surface area contributed by atoms with Crippen LogP contribution in [0.2, 0.25) is 0 Å². The number of hydrogen-bond donors (Lipinski definition) is 9. The molecule has 0 saturated carbocycles. The Kier molecular flexibility index (Phi) is 10.1. The van der Waals surface area contributed by atoms with Gasteiger partial charge in [-0.2, -0.15) is 0 Å². The molecule has 45 heavy (non-hydrogen) atoms. The lowest BCUT2D eigenvalue weighted by atomic mass is 9.72. The summed E-state index contributed by atoms with van der Waals surface area (Å²) in [4.78, 5) is 12.5. The molecule has 5 rings (SSSR count). The van der Waals surface area contributed by atoms with Crippen molar-refractivity contribution < 1.29 is 60.2 Å². The molecule has 3 aliphatic rings. The van der Waals surface area contributed by atoms with Crippen molar-refractivity contribution >= 4 is 5.78 Å². The zero-order valence-electron chi connectivity index (χ0n) is 24.2. The Balaban J connectivity index is 1.49. The molecule has 12 nitrogen and oxygen atoms in total. The van der Waals surface area contributed by atoms with Crippen LogP contribution in [-0.2, 0) is 19.7 Å². The van der Waals surface area contributed by atoms with Crippen molar-refractivity contribution in [1.82, 2.24) is 0 Å². The van der Waals surface area contributed by atoms with Gasteiger partial charge in [0.1, 0.15) is 48.8 Å². The van der Waals surface area contributed by atoms with Crippen LogP contribution in [0, 0.1) is 23.7 Å². The molecule has 0 unspecified atom stereocenters. The van der Waals surface area contributed by atoms with Crippen LogP contribution in [0.4, 0.5) is 0 Å². The van der Waals surface area contributed by atoms with Crippen LogP contribution < -0.4 is 0 Å². The number of fused-ring (bicyclic) bond motifs is 3. The summed E-state index contributed by atoms with van der Waals surface area (Å²) in [7, 11) is 0. The second-order valence-corrected chi connectivity index (χ2v) is 11.4. The van der Waals surface area contributed by atoms with Crippen LogP contribution in [-0.4, -0.2) is 133 Å². The number of Topliss-reactive ketones (excluding diaryl/α,β-unsaturated/α-hetero) is 1. The summed E-state index contributed by atoms with van der Waals surface area (Å²) >= 11 is 0. The van der Waals surface area contributed by atoms with Crippen molar-refractivity contribution in [3.05, 3.63) is 58.7 Å². The average molecular weight is 625 g/mol. The molecule has 2 heterocycles. The monoisotopic (exact) mass is 624 g/mol. The fourth-order valence-electron chi connectivity index (χ4n) is 6.33. The quantitative estimate of drug-likeness (QED) is 0.150. The predicted molar refractivity (Wildman–Crippen MR) is 156 cm³/mol. The number of carbonyl (C=O) groups excluding carboxylic acids is 1. The summed E-state index contributed by atoms with van der Waals surface area (Å²) in [5, 5.41) is 89.7. The Morgan fingerprint density at radius 1 is 0.667 bits per heavy atom. The zero-order valence-corrected chi connectivity index (χ0v) is 24.2. The minimum Gasteiger partial charge on any atom is -0.396 e. The lowest BCUT2D eigenvalue weighted by Crippen LogP contribution is -2.58. The first kappa shape index (κ1) is 33.2. The molecule has 0 bridgehead atoms. The van der Waals surface area contributed by atoms with Gasteiger partial charge in [-0.15, -0.1) is 0 Å². The van der Waals surface area contributed by atoms with E-state index < -0.39 is 79.3 Å². The van der Waals surface area contributed by atoms with Crippen molar-refractivity contribution in [3.8, 4) is 34.8 Å². The fourth-order valence-corrected chi connectivity index (χ4v) is 6.33. The molecule has 2 fully saturated rings. The summed E-state index contributed by atoms with van der Waals surface area (Å²) in [5.41, 5.74) is 3.43. The third-order valence-electron chi connectivity index (χ3n) is 8.78. The van der Waals surface area contributed by atoms with E-state index in [2.05, 4.69) is 23.7 Å². The van der Waals surface area contributed by atoms with Crippen molar-refractivity contribution in [2.75, 3.05) is 26.4 Å². The molecular formula is C33H36O12. The summed E-state index contributed by atoms with van der Waals surface area (Å²) < 4.78 is 10.9. The second kappa shape index (κ2) is 13.6. The highest BCUT2D eigenvalue weighted by atomic mass is 16.5. The Hall–Kier alpha value is -3.21. The topological polar surface area (TPSA) is 218 Å². The maximum atomic E-state index is 12.5. The number of aliphatic hydroxyl groups excluding tert-OH is 9. The second-order valence-electron chi connectivity index (χ2n) is 11.4. The lowest BCUT2D eigenvalue weighted by Gasteiger charge is -2.37. The van der Waals surface area contributed by atoms with Crippen molar-refractivity contribution in [1.29, 1.82) is 0 Å². The average Bonchev–Trinajstić information content (AvgIpc) is 3.30. The van der Waals surface area contributed by atoms with E-state index >= 15 is 0 Å². The summed E-state index contributed by atoms with van der Waals surface area (Å²) in [6, 6.07) is 10.8. The van der Waals surface area contributed by atoms with E-state index in [1.807, 2.05) is 18.2 Å². The number of rotatable bonds is 6. The summed E-state index contributed by atoms with van der Waals surface area (Å²) in [5.74, 6) is 10.4. The number of hydrogen-bond acceptors (Lipinski definition) is 12. The number of carbonyl (C=O) groups is 1. The van der Waals surface area contributed by atoms with E-state index in [4.69, 9.17) is 9.47 Å². The van der Waals surface area contributed by atoms with Gasteiger partial charge in [-0.05, 0) is 59.4 Å². The minimum absolute atomic E-state index is 0.206. The Morgan fingerprint density at radius 2 is 1.20 bits per heavy atom. The molecule has 0 spiro atoms. The van der Waals surface area contributed by atoms with Crippen molar-refractivity contribution in [2.45, 2.75) is 73.2 Å². The van der Waals surface area contributed by atoms with E-state index in [9.17, 15) is 50.8 Å². The van der Waals surface area contributed by atoms with Crippen molar-refractivity contribution in [3.63, 3.8) is 0 Å². The molecule has 0 aromatic heterocycles. The van der Waals surface area contributed by atoms with Gasteiger partial charge in [0.15, 0.2) is 6.10 Å². The zero-order chi connectivity index (χ0) is 32.5. The molecule has 9 atom stereocenters. The molecule has 0 amide bonds. The highest BCUT2D eigenvalue weighted by molar-refractivity contribution is 5.91. The smallest absolute Gasteiger partial charge is 0.204 e. The maximum absolute atomic E-state index is 12.5. The number of ether oxygens (including phenoxy) is 2. The van der Waals surface area contributed by atoms with Gasteiger partial charge < -0.3 is 55.4 Å². The first-order chi connectivity index (χ1) is 21.6. The van der Waals surface area contributed by atoms with Crippen LogP contribution in [0.3, 0.4) is 0 Å². The van der Waals surface area contributed by atoms with Gasteiger partial charge in [0, 0.05) is 29.8 Å². The van der Waals surface area contributed by atoms with Crippen molar-refractivity contribution in [2.24, 2.45) is 0 Å². The van der Waals surface area contributed by atoms with E-state index in [-0.39, 0.29) is 26.1 Å². The number of benzene rings is 2. The molecule has 2 aromatic carbocycles. The van der Waals surface area contributed by atoms with Crippen LogP contribution in [0.15, 0.2) is 36.4 Å². The van der Waals surface area contributed by atoms with Crippen LogP contribution in [0.1, 0.15) is 35.1 Å². The molecule has 2 aromatic rings. The standard InChI is InChI=1S/C33H36O12/c34-11-9-33(10-12-35)21-13-17(3-7-23-27(38)31(42)29(40)25(15-36)44-23)1-5-19(21)20-6-2-18(14-22(20)33)4-8-24-28(39)32(43)30(41)26(16-37)45-24/h1-2,5-6,13-14,23-27,29-32,34-38,40-43H,9-12,15-16H2/t23-,24-,25-,26-,27-,29-,30-,31-,32-/m1/s1. The van der Waals surface area contributed by atoms with Gasteiger partial charge in [0.2, 0.25) is 5.78 Å². The number of aliphatic hydroxyl groups is 9. The third-order valence-corrected chi connectivity index (χ3v) is 8.78. The number of ketones is 1. The molecule has 12 heteroatoms. The fraction of sp³-hybridized carbons (Fsp3) is 0.485. The first-order valence-corrected chi connectivity index (χ1v) is 14.6. The minimum atomic E-state index is -1.75. The Morgan fingerprint density at radius 3 is 1.73 bits per heavy atom. The molecular weight excluding hydrogens is 588 g/mol. The van der Waals surface area contributed by atoms with Crippen LogP contribution in [0.5, 0.6) is 0 Å². The normalized spacial score (nSPS) is 31.7. The Labute approximate surface area is 259 Å². The lowest BCUT2D eigenvalue weighted by molar-refractivity contribution is -0.214. The summed E-state index contributed by atoms with van der Waals surface area (Å²) in [6.45, 7) is -1.60. The Bertz CT molecular complexity index is 1530. The van der Waals surface area contributed by atoms with E-state index in [0.29, 0.717) is 11.1 Å². The molecule has 2 saturated heterocycles. The highest BCUT2D eigenvalue weighted by Gasteiger charge is 2.45. The SMILES string of the molecule is O=C1[C@@H](O)[C@H](O)[C@@H](CO)O[C@@H]1C#Cc1ccc2c(c1)C(CCO)(CCO)c1cc(C#C[C@H]3O[C@H](CO)[C@@H](O)[C@H](O)[C@@H]3O)ccc1-2. The maximum Gasteiger partial charge on any atom is 0.204 e. The third kappa shape index (κ3) is 6.04. The van der Waals surface area contributed by atoms with Crippen LogP contribution in [0.25, 0.3) is 11.1 Å². The van der Waals surface area contributed by atoms with Gasteiger partial charge in [0.05, 0.1) is 13.2 Å². The van der Waals surface area contributed by atoms with Crippen LogP contribution >= 0.6 is 0 Å². The largest absolute Gasteiger partial charge is 0.396 e. The highest BCUT2D eigenvalue weighted by Crippen LogP contribution is 2.53. The molecule has 9 N–H and O–H groups in total. The van der Waals surface area contributed by atoms with E-state index in [1.165, 1.54) is 0 Å². The molecule has 0 radical (unpaired) electrons. The van der Waals surface area contributed by atoms with E-state index in [1.54, 1.807) is 18.2 Å². The predicted octanol–water partition coefficient (Wildman–Crippen LogP) is -2.69. The summed E-state index contributed by atoms with van der Waals surface area (Å²) in [6.07, 6.45) is -12.2. The molecule has 2 aliphatic heterocycles. The van der Waals surface area contributed by atoms with Gasteiger partial charge >= 0.3 is 0 Å². The molecule has 240 valence electrons. The van der Waals surface area contributed by atoms with Gasteiger partial charge in [-0.3, -0.25) is 4.79 Å². The van der Waals surface area contributed by atoms with Gasteiger partial charge in [0.25, 0.3) is 0 Å². The first-order valence-electron chi connectivity index (χ1n) is 14.6.